The highest BCUT2D eigenvalue weighted by Gasteiger charge is 2.17. The standard InChI is InChI=1S/C26H25FN4O2S/c1-17-13-18(2)25(19(3)14-17)28-24(32)16-34-26-30-29-23(31(26)20-9-5-4-6-10-20)15-33-22-12-8-7-11-21(22)27/h4-14H,15-16H2,1-3H3,(H,28,32). The van der Waals surface area contributed by atoms with E-state index in [4.69, 9.17) is 4.74 Å². The van der Waals surface area contributed by atoms with Crippen LogP contribution in [-0.2, 0) is 11.4 Å². The number of ether oxygens (including phenoxy) is 1. The van der Waals surface area contributed by atoms with E-state index in [2.05, 4.69) is 15.5 Å². The predicted octanol–water partition coefficient (Wildman–Crippen LogP) is 5.64. The Labute approximate surface area is 202 Å². The van der Waals surface area contributed by atoms with Crippen LogP contribution in [0, 0.1) is 26.6 Å². The molecule has 6 nitrogen and oxygen atoms in total. The SMILES string of the molecule is Cc1cc(C)c(NC(=O)CSc2nnc(COc3ccccc3F)n2-c2ccccc2)c(C)c1. The van der Waals surface area contributed by atoms with E-state index in [1.165, 1.54) is 17.8 Å². The van der Waals surface area contributed by atoms with Crippen molar-refractivity contribution in [2.45, 2.75) is 32.5 Å². The van der Waals surface area contributed by atoms with E-state index in [0.29, 0.717) is 11.0 Å². The van der Waals surface area contributed by atoms with E-state index >= 15 is 0 Å². The Bertz CT molecular complexity index is 1280. The molecule has 34 heavy (non-hydrogen) atoms. The van der Waals surface area contributed by atoms with E-state index in [-0.39, 0.29) is 24.0 Å². The van der Waals surface area contributed by atoms with Crippen LogP contribution in [0.25, 0.3) is 5.69 Å². The van der Waals surface area contributed by atoms with Crippen molar-refractivity contribution in [3.05, 3.63) is 95.1 Å². The van der Waals surface area contributed by atoms with E-state index in [0.717, 1.165) is 28.1 Å². The number of nitrogens with zero attached hydrogens (tertiary/aromatic N) is 3. The number of carbonyl (C=O) groups excluding carboxylic acids is 1. The number of nitrogens with one attached hydrogen (secondary N) is 1. The van der Waals surface area contributed by atoms with Crippen LogP contribution in [0.1, 0.15) is 22.5 Å². The number of hydrogen-bond donors (Lipinski definition) is 1. The van der Waals surface area contributed by atoms with Crippen molar-refractivity contribution in [3.63, 3.8) is 0 Å². The second kappa shape index (κ2) is 10.5. The molecule has 4 aromatic rings. The van der Waals surface area contributed by atoms with Gasteiger partial charge in [0.2, 0.25) is 5.91 Å². The van der Waals surface area contributed by atoms with Crippen molar-refractivity contribution < 1.29 is 13.9 Å². The molecule has 0 saturated carbocycles. The average Bonchev–Trinajstić information content (AvgIpc) is 3.23. The topological polar surface area (TPSA) is 69.0 Å². The number of aryl methyl sites for hydroxylation is 3. The molecule has 1 aromatic heterocycles. The van der Waals surface area contributed by atoms with Crippen LogP contribution in [0.5, 0.6) is 5.75 Å². The first-order valence-electron chi connectivity index (χ1n) is 10.8. The normalized spacial score (nSPS) is 10.8. The predicted molar refractivity (Wildman–Crippen MR) is 132 cm³/mol. The lowest BCUT2D eigenvalue weighted by molar-refractivity contribution is -0.113. The highest BCUT2D eigenvalue weighted by atomic mass is 32.2. The van der Waals surface area contributed by atoms with Gasteiger partial charge in [-0.3, -0.25) is 9.36 Å². The Morgan fingerprint density at radius 2 is 1.68 bits per heavy atom. The van der Waals surface area contributed by atoms with Crippen LogP contribution < -0.4 is 10.1 Å². The average molecular weight is 477 g/mol. The van der Waals surface area contributed by atoms with Gasteiger partial charge in [-0.25, -0.2) is 4.39 Å². The molecule has 1 N–H and O–H groups in total. The molecule has 1 heterocycles. The van der Waals surface area contributed by atoms with Crippen molar-refractivity contribution in [3.8, 4) is 11.4 Å². The number of carbonyl (C=O) groups is 1. The Balaban J connectivity index is 1.51. The fourth-order valence-corrected chi connectivity index (χ4v) is 4.48. The van der Waals surface area contributed by atoms with Gasteiger partial charge in [-0.2, -0.15) is 0 Å². The van der Waals surface area contributed by atoms with Crippen LogP contribution in [0.3, 0.4) is 0 Å². The Morgan fingerprint density at radius 1 is 1.00 bits per heavy atom. The third kappa shape index (κ3) is 5.46. The monoisotopic (exact) mass is 476 g/mol. The zero-order chi connectivity index (χ0) is 24.1. The number of halogens is 1. The summed E-state index contributed by atoms with van der Waals surface area (Å²) in [5.41, 5.74) is 4.86. The second-order valence-corrected chi connectivity index (χ2v) is 8.84. The molecule has 0 atom stereocenters. The van der Waals surface area contributed by atoms with Gasteiger partial charge in [-0.05, 0) is 56.2 Å². The van der Waals surface area contributed by atoms with Gasteiger partial charge in [0, 0.05) is 11.4 Å². The number of rotatable bonds is 8. The van der Waals surface area contributed by atoms with Crippen LogP contribution in [0.15, 0.2) is 71.9 Å². The zero-order valence-electron chi connectivity index (χ0n) is 19.2. The zero-order valence-corrected chi connectivity index (χ0v) is 20.0. The van der Waals surface area contributed by atoms with Crippen LogP contribution in [0.4, 0.5) is 10.1 Å². The molecule has 3 aromatic carbocycles. The summed E-state index contributed by atoms with van der Waals surface area (Å²) in [6.45, 7) is 6.02. The first kappa shape index (κ1) is 23.5. The summed E-state index contributed by atoms with van der Waals surface area (Å²) < 4.78 is 21.4. The lowest BCUT2D eigenvalue weighted by Gasteiger charge is -2.13. The minimum Gasteiger partial charge on any atom is -0.483 e. The van der Waals surface area contributed by atoms with Crippen molar-refractivity contribution in [2.75, 3.05) is 11.1 Å². The smallest absolute Gasteiger partial charge is 0.234 e. The van der Waals surface area contributed by atoms with E-state index < -0.39 is 5.82 Å². The van der Waals surface area contributed by atoms with Crippen molar-refractivity contribution in [2.24, 2.45) is 0 Å². The number of amides is 1. The first-order valence-corrected chi connectivity index (χ1v) is 11.8. The summed E-state index contributed by atoms with van der Waals surface area (Å²) in [5.74, 6) is 0.226. The highest BCUT2D eigenvalue weighted by Crippen LogP contribution is 2.26. The number of para-hydroxylation sites is 2. The summed E-state index contributed by atoms with van der Waals surface area (Å²) in [7, 11) is 0. The van der Waals surface area contributed by atoms with E-state index in [1.807, 2.05) is 67.8 Å². The van der Waals surface area contributed by atoms with Gasteiger partial charge in [-0.1, -0.05) is 59.8 Å². The Morgan fingerprint density at radius 3 is 2.38 bits per heavy atom. The fourth-order valence-electron chi connectivity index (χ4n) is 3.71. The molecule has 0 radical (unpaired) electrons. The molecule has 0 fully saturated rings. The molecule has 4 rings (SSSR count). The Hall–Kier alpha value is -3.65. The molecular formula is C26H25FN4O2S. The summed E-state index contributed by atoms with van der Waals surface area (Å²) in [4.78, 5) is 12.7. The maximum Gasteiger partial charge on any atom is 0.234 e. The van der Waals surface area contributed by atoms with Crippen molar-refractivity contribution in [1.82, 2.24) is 14.8 Å². The number of hydrogen-bond acceptors (Lipinski definition) is 5. The molecule has 0 aliphatic rings. The molecule has 1 amide bonds. The van der Waals surface area contributed by atoms with Crippen LogP contribution in [0.2, 0.25) is 0 Å². The number of benzene rings is 3. The second-order valence-electron chi connectivity index (χ2n) is 7.90. The molecule has 0 spiro atoms. The minimum absolute atomic E-state index is 0.0251. The largest absolute Gasteiger partial charge is 0.483 e. The molecular weight excluding hydrogens is 451 g/mol. The molecule has 0 unspecified atom stereocenters. The third-order valence-electron chi connectivity index (χ3n) is 5.18. The van der Waals surface area contributed by atoms with Crippen LogP contribution >= 0.6 is 11.8 Å². The fraction of sp³-hybridized carbons (Fsp3) is 0.192. The third-order valence-corrected chi connectivity index (χ3v) is 6.11. The highest BCUT2D eigenvalue weighted by molar-refractivity contribution is 7.99. The number of anilines is 1. The van der Waals surface area contributed by atoms with Crippen molar-refractivity contribution >= 4 is 23.4 Å². The first-order chi connectivity index (χ1) is 16.4. The maximum atomic E-state index is 14.0. The van der Waals surface area contributed by atoms with Gasteiger partial charge in [0.05, 0.1) is 5.75 Å². The van der Waals surface area contributed by atoms with Gasteiger partial charge < -0.3 is 10.1 Å². The molecule has 8 heteroatoms. The summed E-state index contributed by atoms with van der Waals surface area (Å²) in [6.07, 6.45) is 0. The molecule has 0 aliphatic carbocycles. The minimum atomic E-state index is -0.443. The van der Waals surface area contributed by atoms with E-state index in [9.17, 15) is 9.18 Å². The summed E-state index contributed by atoms with van der Waals surface area (Å²) in [5, 5.41) is 12.1. The summed E-state index contributed by atoms with van der Waals surface area (Å²) in [6, 6.07) is 19.9. The molecule has 0 saturated heterocycles. The van der Waals surface area contributed by atoms with Gasteiger partial charge in [-0.15, -0.1) is 10.2 Å². The van der Waals surface area contributed by atoms with Crippen LogP contribution in [-0.4, -0.2) is 26.4 Å². The van der Waals surface area contributed by atoms with E-state index in [1.54, 1.807) is 18.2 Å². The lowest BCUT2D eigenvalue weighted by Crippen LogP contribution is -2.16. The quantitative estimate of drug-likeness (QED) is 0.333. The number of aromatic nitrogens is 3. The maximum absolute atomic E-state index is 14.0. The number of thioether (sulfide) groups is 1. The van der Waals surface area contributed by atoms with Gasteiger partial charge in [0.25, 0.3) is 0 Å². The van der Waals surface area contributed by atoms with Crippen molar-refractivity contribution in [1.29, 1.82) is 0 Å². The van der Waals surface area contributed by atoms with Gasteiger partial charge in [0.1, 0.15) is 6.61 Å². The Kier molecular flexibility index (Phi) is 7.27. The summed E-state index contributed by atoms with van der Waals surface area (Å²) >= 11 is 1.28. The molecule has 0 aliphatic heterocycles. The lowest BCUT2D eigenvalue weighted by atomic mass is 10.1. The molecule has 174 valence electrons. The molecule has 0 bridgehead atoms. The van der Waals surface area contributed by atoms with Gasteiger partial charge >= 0.3 is 0 Å². The van der Waals surface area contributed by atoms with Gasteiger partial charge in [0.15, 0.2) is 22.5 Å².